The molecule has 7 nitrogen and oxygen atoms in total. The molecule has 1 aliphatic heterocycles. The van der Waals surface area contributed by atoms with Crippen molar-refractivity contribution >= 4 is 33.0 Å². The van der Waals surface area contributed by atoms with Crippen LogP contribution >= 0.6 is 11.3 Å². The summed E-state index contributed by atoms with van der Waals surface area (Å²) in [6.45, 7) is 5.37. The fourth-order valence-electron chi connectivity index (χ4n) is 3.85. The highest BCUT2D eigenvalue weighted by atomic mass is 32.2. The number of anilines is 1. The van der Waals surface area contributed by atoms with Gasteiger partial charge in [0.05, 0.1) is 4.90 Å². The van der Waals surface area contributed by atoms with E-state index < -0.39 is 10.0 Å². The molecular weight excluding hydrogens is 468 g/mol. The van der Waals surface area contributed by atoms with Gasteiger partial charge in [-0.05, 0) is 66.9 Å². The van der Waals surface area contributed by atoms with Crippen molar-refractivity contribution in [2.45, 2.75) is 17.9 Å². The Morgan fingerprint density at radius 2 is 1.76 bits per heavy atom. The van der Waals surface area contributed by atoms with E-state index in [0.29, 0.717) is 18.5 Å². The van der Waals surface area contributed by atoms with Crippen molar-refractivity contribution in [3.8, 4) is 0 Å². The largest absolute Gasteiger partial charge is 0.322 e. The zero-order valence-electron chi connectivity index (χ0n) is 19.2. The van der Waals surface area contributed by atoms with Crippen molar-refractivity contribution in [2.75, 3.05) is 45.1 Å². The van der Waals surface area contributed by atoms with Gasteiger partial charge in [-0.1, -0.05) is 18.2 Å². The van der Waals surface area contributed by atoms with E-state index in [4.69, 9.17) is 0 Å². The van der Waals surface area contributed by atoms with Crippen molar-refractivity contribution in [2.24, 2.45) is 0 Å². The number of hydrogen-bond donors (Lipinski definition) is 2. The summed E-state index contributed by atoms with van der Waals surface area (Å²) in [7, 11) is -1.49. The number of carbonyl (C=O) groups is 1. The Balaban J connectivity index is 1.32. The number of piperazine rings is 1. The molecule has 3 aromatic rings. The van der Waals surface area contributed by atoms with Gasteiger partial charge in [0.25, 0.3) is 5.91 Å². The van der Waals surface area contributed by atoms with Crippen LogP contribution in [0.15, 0.2) is 70.9 Å². The maximum absolute atomic E-state index is 12.7. The molecule has 1 saturated heterocycles. The van der Waals surface area contributed by atoms with Crippen molar-refractivity contribution in [3.05, 3.63) is 82.0 Å². The highest BCUT2D eigenvalue weighted by Crippen LogP contribution is 2.17. The second-order valence-corrected chi connectivity index (χ2v) is 11.3. The fraction of sp³-hybridized carbons (Fsp3) is 0.320. The average Bonchev–Trinajstić information content (AvgIpc) is 3.34. The number of nitrogens with one attached hydrogen (secondary N) is 2. The number of thiophene rings is 1. The lowest BCUT2D eigenvalue weighted by Gasteiger charge is -2.32. The monoisotopic (exact) mass is 498 g/mol. The van der Waals surface area contributed by atoms with E-state index in [9.17, 15) is 13.2 Å². The molecule has 180 valence electrons. The highest BCUT2D eigenvalue weighted by Gasteiger charge is 2.16. The van der Waals surface area contributed by atoms with Crippen LogP contribution in [0.5, 0.6) is 0 Å². The van der Waals surface area contributed by atoms with E-state index in [1.807, 2.05) is 35.7 Å². The predicted molar refractivity (Wildman–Crippen MR) is 137 cm³/mol. The van der Waals surface area contributed by atoms with Gasteiger partial charge in [-0.25, -0.2) is 13.1 Å². The Hall–Kier alpha value is -2.56. The number of sulfonamides is 1. The first-order valence-corrected chi connectivity index (χ1v) is 13.7. The van der Waals surface area contributed by atoms with Crippen molar-refractivity contribution in [1.82, 2.24) is 14.5 Å². The minimum absolute atomic E-state index is 0.143. The van der Waals surface area contributed by atoms with Gasteiger partial charge >= 0.3 is 0 Å². The lowest BCUT2D eigenvalue weighted by Crippen LogP contribution is -2.43. The van der Waals surface area contributed by atoms with Crippen LogP contribution in [0, 0.1) is 0 Å². The third-order valence-corrected chi connectivity index (χ3v) is 8.27. The Labute approximate surface area is 205 Å². The number of carbonyl (C=O) groups excluding carboxylic acids is 1. The maximum Gasteiger partial charge on any atom is 0.255 e. The van der Waals surface area contributed by atoms with Crippen LogP contribution in [0.25, 0.3) is 0 Å². The van der Waals surface area contributed by atoms with Crippen LogP contribution in [-0.4, -0.2) is 63.9 Å². The van der Waals surface area contributed by atoms with Crippen LogP contribution in [-0.2, 0) is 23.0 Å². The molecular formula is C25H30N4O3S2. The van der Waals surface area contributed by atoms with E-state index in [1.54, 1.807) is 11.3 Å². The number of rotatable bonds is 9. The molecule has 1 fully saturated rings. The van der Waals surface area contributed by atoms with Gasteiger partial charge in [-0.3, -0.25) is 9.69 Å². The van der Waals surface area contributed by atoms with E-state index >= 15 is 0 Å². The minimum Gasteiger partial charge on any atom is -0.322 e. The van der Waals surface area contributed by atoms with Crippen LogP contribution in [0.4, 0.5) is 5.69 Å². The molecule has 0 radical (unpaired) electrons. The number of nitrogens with zero attached hydrogens (tertiary/aromatic N) is 2. The number of benzene rings is 2. The van der Waals surface area contributed by atoms with Gasteiger partial charge in [0.15, 0.2) is 0 Å². The van der Waals surface area contributed by atoms with E-state index in [1.165, 1.54) is 24.3 Å². The topological polar surface area (TPSA) is 81.8 Å². The van der Waals surface area contributed by atoms with Crippen LogP contribution in [0.3, 0.4) is 0 Å². The zero-order valence-corrected chi connectivity index (χ0v) is 20.9. The summed E-state index contributed by atoms with van der Waals surface area (Å²) in [5, 5.41) is 4.89. The molecule has 2 aromatic carbocycles. The quantitative estimate of drug-likeness (QED) is 0.473. The van der Waals surface area contributed by atoms with Crippen molar-refractivity contribution in [1.29, 1.82) is 0 Å². The maximum atomic E-state index is 12.7. The third-order valence-electron chi connectivity index (χ3n) is 5.86. The van der Waals surface area contributed by atoms with Gasteiger partial charge < -0.3 is 10.2 Å². The summed E-state index contributed by atoms with van der Waals surface area (Å²) in [5.41, 5.74) is 2.28. The highest BCUT2D eigenvalue weighted by molar-refractivity contribution is 7.89. The Morgan fingerprint density at radius 3 is 2.47 bits per heavy atom. The third kappa shape index (κ3) is 6.74. The second kappa shape index (κ2) is 11.2. The molecule has 2 N–H and O–H groups in total. The second-order valence-electron chi connectivity index (χ2n) is 8.49. The molecule has 0 aliphatic carbocycles. The standard InChI is InChI=1S/C25H30N4O3S2/c1-28-13-15-29(16-14-28)19-20-4-2-5-22(18-20)27-25(30)21-7-9-24(10-8-21)34(31,32)26-12-11-23-6-3-17-33-23/h2-10,17-18,26H,11-16,19H2,1H3,(H,27,30). The van der Waals surface area contributed by atoms with Gasteiger partial charge in [0.1, 0.15) is 0 Å². The summed E-state index contributed by atoms with van der Waals surface area (Å²) in [5.74, 6) is -0.272. The lowest BCUT2D eigenvalue weighted by atomic mass is 10.1. The summed E-state index contributed by atoms with van der Waals surface area (Å²) in [6, 6.07) is 17.8. The van der Waals surface area contributed by atoms with Crippen LogP contribution in [0.2, 0.25) is 0 Å². The predicted octanol–water partition coefficient (Wildman–Crippen LogP) is 3.27. The summed E-state index contributed by atoms with van der Waals surface area (Å²) >= 11 is 1.60. The Bertz CT molecular complexity index is 1190. The molecule has 9 heteroatoms. The minimum atomic E-state index is -3.62. The van der Waals surface area contributed by atoms with Crippen molar-refractivity contribution in [3.63, 3.8) is 0 Å². The van der Waals surface area contributed by atoms with Crippen molar-refractivity contribution < 1.29 is 13.2 Å². The first kappa shape index (κ1) is 24.6. The SMILES string of the molecule is CN1CCN(Cc2cccc(NC(=O)c3ccc(S(=O)(=O)NCCc4cccs4)cc3)c2)CC1. The van der Waals surface area contributed by atoms with Crippen LogP contribution < -0.4 is 10.0 Å². The van der Waals surface area contributed by atoms with Gasteiger partial charge in [-0.2, -0.15) is 0 Å². The molecule has 2 heterocycles. The Kier molecular flexibility index (Phi) is 8.12. The molecule has 0 bridgehead atoms. The Morgan fingerprint density at radius 1 is 1.00 bits per heavy atom. The molecule has 0 atom stereocenters. The number of amides is 1. The van der Waals surface area contributed by atoms with E-state index in [0.717, 1.165) is 48.9 Å². The molecule has 0 unspecified atom stereocenters. The normalized spacial score (nSPS) is 15.3. The fourth-order valence-corrected chi connectivity index (χ4v) is 5.59. The molecule has 1 amide bonds. The smallest absolute Gasteiger partial charge is 0.255 e. The summed E-state index contributed by atoms with van der Waals surface area (Å²) in [4.78, 5) is 18.7. The first-order chi connectivity index (χ1) is 16.4. The molecule has 1 aliphatic rings. The van der Waals surface area contributed by atoms with Gasteiger partial charge in [0, 0.05) is 55.4 Å². The number of likely N-dealkylation sites (N-methyl/N-ethyl adjacent to an activating group) is 1. The summed E-state index contributed by atoms with van der Waals surface area (Å²) < 4.78 is 27.7. The van der Waals surface area contributed by atoms with Gasteiger partial charge in [-0.15, -0.1) is 11.3 Å². The lowest BCUT2D eigenvalue weighted by molar-refractivity contribution is 0.102. The summed E-state index contributed by atoms with van der Waals surface area (Å²) in [6.07, 6.45) is 0.644. The average molecular weight is 499 g/mol. The van der Waals surface area contributed by atoms with E-state index in [2.05, 4.69) is 33.0 Å². The molecule has 34 heavy (non-hydrogen) atoms. The van der Waals surface area contributed by atoms with Crippen LogP contribution in [0.1, 0.15) is 20.8 Å². The van der Waals surface area contributed by atoms with Gasteiger partial charge in [0.2, 0.25) is 10.0 Å². The molecule has 4 rings (SSSR count). The van der Waals surface area contributed by atoms with E-state index in [-0.39, 0.29) is 10.8 Å². The molecule has 1 aromatic heterocycles. The molecule has 0 spiro atoms. The first-order valence-electron chi connectivity index (χ1n) is 11.3. The zero-order chi connectivity index (χ0) is 24.0. The molecule has 0 saturated carbocycles. The number of hydrogen-bond acceptors (Lipinski definition) is 6.